The molecule has 1 saturated carbocycles. The van der Waals surface area contributed by atoms with Crippen molar-refractivity contribution >= 4 is 11.6 Å². The second kappa shape index (κ2) is 8.17. The van der Waals surface area contributed by atoms with Gasteiger partial charge >= 0.3 is 0 Å². The summed E-state index contributed by atoms with van der Waals surface area (Å²) in [6.07, 6.45) is 3.24. The number of hydrogen-bond donors (Lipinski definition) is 2. The van der Waals surface area contributed by atoms with E-state index >= 15 is 0 Å². The molecule has 1 aliphatic rings. The summed E-state index contributed by atoms with van der Waals surface area (Å²) in [6.45, 7) is 0.667. The fourth-order valence-electron chi connectivity index (χ4n) is 3.74. The maximum Gasteiger partial charge on any atom is 0.230 e. The van der Waals surface area contributed by atoms with Gasteiger partial charge in [0, 0.05) is 13.1 Å². The van der Waals surface area contributed by atoms with Crippen LogP contribution in [0.1, 0.15) is 36.8 Å². The summed E-state index contributed by atoms with van der Waals surface area (Å²) in [5.74, 6) is -1.04. The van der Waals surface area contributed by atoms with Crippen molar-refractivity contribution in [3.05, 3.63) is 65.2 Å². The molecule has 0 bridgehead atoms. The standard InChI is InChI=1S/C21H21F2N3O/c22-16-6-3-5-15(13-16)21(9-1-2-10-21)20(27)26-12-11-25-19-8-4-7-18(23)17(19)14-24/h3-8,13,25H,1-2,9-12H2,(H,26,27). The third-order valence-electron chi connectivity index (χ3n) is 5.12. The Bertz CT molecular complexity index is 870. The lowest BCUT2D eigenvalue weighted by atomic mass is 9.78. The molecule has 1 aliphatic carbocycles. The third-order valence-corrected chi connectivity index (χ3v) is 5.12. The second-order valence-electron chi connectivity index (χ2n) is 6.76. The number of halogens is 2. The average molecular weight is 369 g/mol. The van der Waals surface area contributed by atoms with Gasteiger partial charge in [0.25, 0.3) is 0 Å². The van der Waals surface area contributed by atoms with Crippen molar-refractivity contribution in [2.75, 3.05) is 18.4 Å². The molecule has 6 heteroatoms. The molecule has 0 aliphatic heterocycles. The summed E-state index contributed by atoms with van der Waals surface area (Å²) in [6, 6.07) is 12.5. The van der Waals surface area contributed by atoms with Crippen LogP contribution in [0.5, 0.6) is 0 Å². The minimum Gasteiger partial charge on any atom is -0.382 e. The number of amides is 1. The number of carbonyl (C=O) groups is 1. The number of rotatable bonds is 6. The van der Waals surface area contributed by atoms with E-state index in [0.29, 0.717) is 37.2 Å². The highest BCUT2D eigenvalue weighted by Gasteiger charge is 2.42. The van der Waals surface area contributed by atoms with Crippen molar-refractivity contribution in [2.24, 2.45) is 0 Å². The molecule has 4 nitrogen and oxygen atoms in total. The van der Waals surface area contributed by atoms with E-state index in [1.165, 1.54) is 24.3 Å². The third kappa shape index (κ3) is 3.92. The fourth-order valence-corrected chi connectivity index (χ4v) is 3.74. The van der Waals surface area contributed by atoms with Crippen LogP contribution in [0.4, 0.5) is 14.5 Å². The van der Waals surface area contributed by atoms with Crippen LogP contribution in [0.25, 0.3) is 0 Å². The highest BCUT2D eigenvalue weighted by Crippen LogP contribution is 2.41. The Kier molecular flexibility index (Phi) is 5.70. The summed E-state index contributed by atoms with van der Waals surface area (Å²) in [5, 5.41) is 14.9. The SMILES string of the molecule is N#Cc1c(F)cccc1NCCNC(=O)C1(c2cccc(F)c2)CCCC1. The zero-order valence-electron chi connectivity index (χ0n) is 14.9. The molecule has 0 heterocycles. The molecular weight excluding hydrogens is 348 g/mol. The van der Waals surface area contributed by atoms with Crippen molar-refractivity contribution in [1.29, 1.82) is 5.26 Å². The Morgan fingerprint density at radius 2 is 1.85 bits per heavy atom. The van der Waals surface area contributed by atoms with E-state index in [0.717, 1.165) is 12.8 Å². The summed E-state index contributed by atoms with van der Waals surface area (Å²) in [7, 11) is 0. The Morgan fingerprint density at radius 3 is 2.56 bits per heavy atom. The van der Waals surface area contributed by atoms with Crippen LogP contribution in [0, 0.1) is 23.0 Å². The van der Waals surface area contributed by atoms with Gasteiger partial charge in [0.2, 0.25) is 5.91 Å². The Hall–Kier alpha value is -2.94. The van der Waals surface area contributed by atoms with Crippen LogP contribution < -0.4 is 10.6 Å². The Morgan fingerprint density at radius 1 is 1.11 bits per heavy atom. The first-order valence-electron chi connectivity index (χ1n) is 9.04. The van der Waals surface area contributed by atoms with Crippen molar-refractivity contribution in [3.63, 3.8) is 0 Å². The topological polar surface area (TPSA) is 64.9 Å². The first-order valence-corrected chi connectivity index (χ1v) is 9.04. The molecule has 2 aromatic carbocycles. The van der Waals surface area contributed by atoms with Gasteiger partial charge in [-0.3, -0.25) is 4.79 Å². The summed E-state index contributed by atoms with van der Waals surface area (Å²) < 4.78 is 27.3. The molecule has 27 heavy (non-hydrogen) atoms. The van der Waals surface area contributed by atoms with Gasteiger partial charge in [-0.25, -0.2) is 8.78 Å². The van der Waals surface area contributed by atoms with Gasteiger partial charge in [-0.05, 0) is 42.7 Å². The molecule has 1 amide bonds. The van der Waals surface area contributed by atoms with Gasteiger partial charge in [-0.1, -0.05) is 31.0 Å². The zero-order valence-corrected chi connectivity index (χ0v) is 14.9. The predicted molar refractivity (Wildman–Crippen MR) is 99.2 cm³/mol. The fraction of sp³-hybridized carbons (Fsp3) is 0.333. The lowest BCUT2D eigenvalue weighted by molar-refractivity contribution is -0.126. The van der Waals surface area contributed by atoms with E-state index < -0.39 is 11.2 Å². The molecular formula is C21H21F2N3O. The van der Waals surface area contributed by atoms with E-state index in [1.54, 1.807) is 18.2 Å². The Labute approximate surface area is 157 Å². The molecule has 1 fully saturated rings. The molecule has 3 rings (SSSR count). The van der Waals surface area contributed by atoms with Crippen LogP contribution in [0.2, 0.25) is 0 Å². The van der Waals surface area contributed by atoms with Gasteiger partial charge in [0.15, 0.2) is 0 Å². The lowest BCUT2D eigenvalue weighted by Crippen LogP contribution is -2.44. The maximum absolute atomic E-state index is 13.7. The summed E-state index contributed by atoms with van der Waals surface area (Å²) in [4.78, 5) is 12.9. The quantitative estimate of drug-likeness (QED) is 0.760. The smallest absolute Gasteiger partial charge is 0.230 e. The normalized spacial score (nSPS) is 15.1. The van der Waals surface area contributed by atoms with E-state index in [1.807, 2.05) is 6.07 Å². The first-order chi connectivity index (χ1) is 13.1. The largest absolute Gasteiger partial charge is 0.382 e. The van der Waals surface area contributed by atoms with E-state index in [2.05, 4.69) is 10.6 Å². The van der Waals surface area contributed by atoms with Crippen molar-refractivity contribution in [2.45, 2.75) is 31.1 Å². The van der Waals surface area contributed by atoms with Crippen molar-refractivity contribution in [3.8, 4) is 6.07 Å². The van der Waals surface area contributed by atoms with Crippen molar-refractivity contribution < 1.29 is 13.6 Å². The number of nitrogens with one attached hydrogen (secondary N) is 2. The minimum absolute atomic E-state index is 0.0455. The van der Waals surface area contributed by atoms with Crippen LogP contribution in [-0.2, 0) is 10.2 Å². The maximum atomic E-state index is 13.7. The van der Waals surface area contributed by atoms with E-state index in [-0.39, 0.29) is 17.3 Å². The van der Waals surface area contributed by atoms with Gasteiger partial charge in [-0.15, -0.1) is 0 Å². The number of nitrogens with zero attached hydrogens (tertiary/aromatic N) is 1. The molecule has 0 spiro atoms. The van der Waals surface area contributed by atoms with E-state index in [9.17, 15) is 13.6 Å². The molecule has 0 saturated heterocycles. The summed E-state index contributed by atoms with van der Waals surface area (Å²) >= 11 is 0. The average Bonchev–Trinajstić information content (AvgIpc) is 3.16. The van der Waals surface area contributed by atoms with Gasteiger partial charge < -0.3 is 10.6 Å². The molecule has 0 aromatic heterocycles. The number of carbonyl (C=O) groups excluding carboxylic acids is 1. The molecule has 0 atom stereocenters. The number of hydrogen-bond acceptors (Lipinski definition) is 3. The van der Waals surface area contributed by atoms with Gasteiger partial charge in [0.1, 0.15) is 23.3 Å². The predicted octanol–water partition coefficient (Wildman–Crippen LogP) is 3.88. The van der Waals surface area contributed by atoms with Gasteiger partial charge in [-0.2, -0.15) is 5.26 Å². The van der Waals surface area contributed by atoms with Crippen LogP contribution >= 0.6 is 0 Å². The summed E-state index contributed by atoms with van der Waals surface area (Å²) in [5.41, 5.74) is 0.365. The van der Waals surface area contributed by atoms with Crippen LogP contribution in [0.15, 0.2) is 42.5 Å². The molecule has 0 radical (unpaired) electrons. The van der Waals surface area contributed by atoms with Crippen LogP contribution in [0.3, 0.4) is 0 Å². The van der Waals surface area contributed by atoms with Crippen LogP contribution in [-0.4, -0.2) is 19.0 Å². The number of anilines is 1. The van der Waals surface area contributed by atoms with Gasteiger partial charge in [0.05, 0.1) is 11.1 Å². The number of nitriles is 1. The molecule has 2 aromatic rings. The molecule has 2 N–H and O–H groups in total. The lowest BCUT2D eigenvalue weighted by Gasteiger charge is -2.28. The first kappa shape index (κ1) is 18.8. The van der Waals surface area contributed by atoms with Crippen molar-refractivity contribution in [1.82, 2.24) is 5.32 Å². The zero-order chi connectivity index (χ0) is 19.3. The minimum atomic E-state index is -0.696. The molecule has 0 unspecified atom stereocenters. The van der Waals surface area contributed by atoms with E-state index in [4.69, 9.17) is 5.26 Å². The highest BCUT2D eigenvalue weighted by atomic mass is 19.1. The molecule has 140 valence electrons. The highest BCUT2D eigenvalue weighted by molar-refractivity contribution is 5.88. The Balaban J connectivity index is 1.63. The number of benzene rings is 2. The monoisotopic (exact) mass is 369 g/mol. The second-order valence-corrected chi connectivity index (χ2v) is 6.76.